The molecule has 3 nitrogen and oxygen atoms in total. The van der Waals surface area contributed by atoms with Gasteiger partial charge in [0, 0.05) is 24.3 Å². The van der Waals surface area contributed by atoms with Crippen molar-refractivity contribution in [3.05, 3.63) is 33.7 Å². The summed E-state index contributed by atoms with van der Waals surface area (Å²) in [4.78, 5) is 12.3. The van der Waals surface area contributed by atoms with E-state index in [1.165, 1.54) is 24.1 Å². The maximum Gasteiger partial charge on any atom is 0.250 e. The van der Waals surface area contributed by atoms with Gasteiger partial charge in [0.1, 0.15) is 0 Å². The summed E-state index contributed by atoms with van der Waals surface area (Å²) in [6.07, 6.45) is 6.86. The Morgan fingerprint density at radius 1 is 1.29 bits per heavy atom. The van der Waals surface area contributed by atoms with E-state index in [0.717, 1.165) is 38.8 Å². The van der Waals surface area contributed by atoms with Gasteiger partial charge in [-0.3, -0.25) is 4.79 Å². The Morgan fingerprint density at radius 3 is 2.71 bits per heavy atom. The number of hydrogen-bond donors (Lipinski definition) is 1. The molecule has 1 aromatic rings. The van der Waals surface area contributed by atoms with E-state index >= 15 is 0 Å². The second-order valence-corrected chi connectivity index (χ2v) is 6.27. The predicted molar refractivity (Wildman–Crippen MR) is 88.7 cm³/mol. The van der Waals surface area contributed by atoms with Crippen molar-refractivity contribution in [1.29, 1.82) is 0 Å². The van der Waals surface area contributed by atoms with Gasteiger partial charge in [0.2, 0.25) is 0 Å². The molecule has 0 radical (unpaired) electrons. The van der Waals surface area contributed by atoms with Crippen LogP contribution in [0, 0.1) is 5.92 Å². The van der Waals surface area contributed by atoms with Gasteiger partial charge < -0.3 is 9.88 Å². The minimum atomic E-state index is 0.178. The van der Waals surface area contributed by atoms with Crippen LogP contribution in [0.15, 0.2) is 16.9 Å². The summed E-state index contributed by atoms with van der Waals surface area (Å²) in [5.74, 6) is 0.609. The van der Waals surface area contributed by atoms with Crippen LogP contribution < -0.4 is 10.9 Å². The number of nitrogens with zero attached hydrogens (tertiary/aromatic N) is 1. The van der Waals surface area contributed by atoms with Gasteiger partial charge in [0.25, 0.3) is 5.56 Å². The molecule has 1 heterocycles. The summed E-state index contributed by atoms with van der Waals surface area (Å²) in [6.45, 7) is 8.58. The van der Waals surface area contributed by atoms with Crippen molar-refractivity contribution < 1.29 is 0 Å². The van der Waals surface area contributed by atoms with Crippen LogP contribution in [0.5, 0.6) is 0 Å². The normalized spacial score (nSPS) is 18.0. The van der Waals surface area contributed by atoms with E-state index in [4.69, 9.17) is 0 Å². The lowest BCUT2D eigenvalue weighted by atomic mass is 9.90. The van der Waals surface area contributed by atoms with Crippen molar-refractivity contribution >= 4 is 0 Å². The molecule has 0 aliphatic heterocycles. The van der Waals surface area contributed by atoms with Crippen molar-refractivity contribution in [3.63, 3.8) is 0 Å². The maximum atomic E-state index is 12.3. The van der Waals surface area contributed by atoms with Gasteiger partial charge in [-0.1, -0.05) is 39.7 Å². The third kappa shape index (κ3) is 3.76. The number of rotatable bonds is 7. The first-order valence-corrected chi connectivity index (χ1v) is 8.67. The average molecular weight is 290 g/mol. The van der Waals surface area contributed by atoms with Gasteiger partial charge in [-0.2, -0.15) is 0 Å². The van der Waals surface area contributed by atoms with E-state index in [1.54, 1.807) is 6.07 Å². The zero-order valence-electron chi connectivity index (χ0n) is 13.8. The Balaban J connectivity index is 2.31. The fourth-order valence-corrected chi connectivity index (χ4v) is 3.40. The molecule has 0 amide bonds. The lowest BCUT2D eigenvalue weighted by Crippen LogP contribution is -2.33. The average Bonchev–Trinajstić information content (AvgIpc) is 2.52. The standard InChI is InChI=1S/C18H30N2O/c1-4-12-19-16-8-7-9-17-15(16)10-11-18(21)20(17)13-14(5-2)6-3/h10-11,14,16,19H,4-9,12-13H2,1-3H3. The molecule has 0 bridgehead atoms. The largest absolute Gasteiger partial charge is 0.312 e. The highest BCUT2D eigenvalue weighted by Crippen LogP contribution is 2.29. The lowest BCUT2D eigenvalue weighted by Gasteiger charge is -2.29. The van der Waals surface area contributed by atoms with E-state index in [2.05, 4.69) is 36.7 Å². The van der Waals surface area contributed by atoms with E-state index in [9.17, 15) is 4.79 Å². The van der Waals surface area contributed by atoms with Crippen molar-refractivity contribution in [2.45, 2.75) is 71.9 Å². The van der Waals surface area contributed by atoms with Gasteiger partial charge in [-0.25, -0.2) is 0 Å². The number of hydrogen-bond acceptors (Lipinski definition) is 2. The van der Waals surface area contributed by atoms with Crippen molar-refractivity contribution in [2.24, 2.45) is 5.92 Å². The van der Waals surface area contributed by atoms with Crippen LogP contribution in [0.25, 0.3) is 0 Å². The summed E-state index contributed by atoms with van der Waals surface area (Å²) in [7, 11) is 0. The van der Waals surface area contributed by atoms with Crippen LogP contribution in [0.1, 0.15) is 70.2 Å². The van der Waals surface area contributed by atoms with Crippen LogP contribution in [0.4, 0.5) is 0 Å². The first-order valence-electron chi connectivity index (χ1n) is 8.67. The number of aromatic nitrogens is 1. The monoisotopic (exact) mass is 290 g/mol. The van der Waals surface area contributed by atoms with Gasteiger partial charge >= 0.3 is 0 Å². The van der Waals surface area contributed by atoms with Crippen molar-refractivity contribution in [3.8, 4) is 0 Å². The lowest BCUT2D eigenvalue weighted by molar-refractivity contribution is 0.385. The number of nitrogens with one attached hydrogen (secondary N) is 1. The highest BCUT2D eigenvalue weighted by atomic mass is 16.1. The molecule has 1 unspecified atom stereocenters. The smallest absolute Gasteiger partial charge is 0.250 e. The molecule has 3 heteroatoms. The van der Waals surface area contributed by atoms with Gasteiger partial charge in [0.05, 0.1) is 0 Å². The van der Waals surface area contributed by atoms with E-state index in [0.29, 0.717) is 12.0 Å². The van der Waals surface area contributed by atoms with Crippen LogP contribution in [-0.4, -0.2) is 11.1 Å². The molecular weight excluding hydrogens is 260 g/mol. The Morgan fingerprint density at radius 2 is 2.05 bits per heavy atom. The molecule has 1 atom stereocenters. The molecular formula is C18H30N2O. The highest BCUT2D eigenvalue weighted by Gasteiger charge is 2.23. The summed E-state index contributed by atoms with van der Waals surface area (Å²) in [5.41, 5.74) is 2.83. The van der Waals surface area contributed by atoms with E-state index < -0.39 is 0 Å². The molecule has 1 aliphatic rings. The third-order valence-electron chi connectivity index (χ3n) is 4.85. The molecule has 0 fully saturated rings. The predicted octanol–water partition coefficient (Wildman–Crippen LogP) is 3.66. The first-order chi connectivity index (χ1) is 10.2. The van der Waals surface area contributed by atoms with Gasteiger partial charge in [-0.05, 0) is 43.7 Å². The summed E-state index contributed by atoms with van der Waals surface area (Å²) in [5, 5.41) is 3.64. The molecule has 0 aromatic carbocycles. The number of fused-ring (bicyclic) bond motifs is 1. The SMILES string of the molecule is CCCNC1CCCc2c1ccc(=O)n2CC(CC)CC. The van der Waals surface area contributed by atoms with Crippen LogP contribution in [0.2, 0.25) is 0 Å². The minimum Gasteiger partial charge on any atom is -0.312 e. The summed E-state index contributed by atoms with van der Waals surface area (Å²) in [6, 6.07) is 4.27. The van der Waals surface area contributed by atoms with Gasteiger partial charge in [-0.15, -0.1) is 0 Å². The molecule has 118 valence electrons. The Labute approximate surface area is 128 Å². The minimum absolute atomic E-state index is 0.178. The molecule has 2 rings (SSSR count). The van der Waals surface area contributed by atoms with Gasteiger partial charge in [0.15, 0.2) is 0 Å². The van der Waals surface area contributed by atoms with Crippen LogP contribution in [-0.2, 0) is 13.0 Å². The zero-order chi connectivity index (χ0) is 15.2. The molecule has 1 N–H and O–H groups in total. The summed E-state index contributed by atoms with van der Waals surface area (Å²) < 4.78 is 2.06. The fraction of sp³-hybridized carbons (Fsp3) is 0.722. The molecule has 0 spiro atoms. The second kappa shape index (κ2) is 7.79. The molecule has 21 heavy (non-hydrogen) atoms. The fourth-order valence-electron chi connectivity index (χ4n) is 3.40. The molecule has 0 saturated heterocycles. The second-order valence-electron chi connectivity index (χ2n) is 6.27. The highest BCUT2D eigenvalue weighted by molar-refractivity contribution is 5.27. The Bertz CT molecular complexity index is 502. The Hall–Kier alpha value is -1.09. The van der Waals surface area contributed by atoms with Crippen LogP contribution >= 0.6 is 0 Å². The molecule has 1 aliphatic carbocycles. The van der Waals surface area contributed by atoms with Crippen LogP contribution in [0.3, 0.4) is 0 Å². The quantitative estimate of drug-likeness (QED) is 0.831. The topological polar surface area (TPSA) is 34.0 Å². The first kappa shape index (κ1) is 16.3. The van der Waals surface area contributed by atoms with E-state index in [-0.39, 0.29) is 5.56 Å². The maximum absolute atomic E-state index is 12.3. The van der Waals surface area contributed by atoms with Crippen molar-refractivity contribution in [1.82, 2.24) is 9.88 Å². The van der Waals surface area contributed by atoms with Crippen molar-refractivity contribution in [2.75, 3.05) is 6.54 Å². The molecule has 0 saturated carbocycles. The third-order valence-corrected chi connectivity index (χ3v) is 4.85. The Kier molecular flexibility index (Phi) is 6.04. The number of pyridine rings is 1. The molecule has 1 aromatic heterocycles. The summed E-state index contributed by atoms with van der Waals surface area (Å²) >= 11 is 0. The zero-order valence-corrected chi connectivity index (χ0v) is 13.8. The van der Waals surface area contributed by atoms with E-state index in [1.807, 2.05) is 0 Å².